The largest absolute Gasteiger partial charge is 0.455 e. The predicted octanol–water partition coefficient (Wildman–Crippen LogP) is 6.14. The fourth-order valence-electron chi connectivity index (χ4n) is 2.89. The molecule has 36 heavy (non-hydrogen) atoms. The Labute approximate surface area is 226 Å². The monoisotopic (exact) mass is 595 g/mol. The van der Waals surface area contributed by atoms with Crippen LogP contribution in [-0.2, 0) is 10.0 Å². The molecule has 0 unspecified atom stereocenters. The van der Waals surface area contributed by atoms with E-state index < -0.39 is 32.5 Å². The highest BCUT2D eigenvalue weighted by Gasteiger charge is 2.24. The maximum Gasteiger partial charge on any atom is 0.267 e. The van der Waals surface area contributed by atoms with Crippen molar-refractivity contribution in [1.82, 2.24) is 15.0 Å². The number of halogens is 6. The van der Waals surface area contributed by atoms with Crippen molar-refractivity contribution in [3.63, 3.8) is 0 Å². The van der Waals surface area contributed by atoms with Crippen LogP contribution in [0.4, 0.5) is 20.5 Å². The fraction of sp³-hybridized carbons (Fsp3) is 0. The van der Waals surface area contributed by atoms with Crippen molar-refractivity contribution in [2.45, 2.75) is 4.90 Å². The van der Waals surface area contributed by atoms with E-state index >= 15 is 0 Å². The molecule has 4 aromatic rings. The van der Waals surface area contributed by atoms with Crippen molar-refractivity contribution < 1.29 is 21.9 Å². The third kappa shape index (κ3) is 6.62. The molecule has 8 nitrogen and oxygen atoms in total. The Morgan fingerprint density at radius 1 is 0.917 bits per heavy atom. The number of anilines is 2. The second-order valence-electron chi connectivity index (χ2n) is 6.76. The molecule has 0 saturated heterocycles. The van der Waals surface area contributed by atoms with Crippen LogP contribution in [0.5, 0.6) is 11.5 Å². The summed E-state index contributed by atoms with van der Waals surface area (Å²) < 4.78 is 60.7. The topological polar surface area (TPSA) is 120 Å². The smallest absolute Gasteiger partial charge is 0.267 e. The zero-order chi connectivity index (χ0) is 24.5. The van der Waals surface area contributed by atoms with Crippen molar-refractivity contribution in [1.29, 1.82) is 0 Å². The van der Waals surface area contributed by atoms with E-state index in [0.717, 1.165) is 24.5 Å². The summed E-state index contributed by atoms with van der Waals surface area (Å²) in [7, 11) is -4.48. The molecule has 15 heteroatoms. The second kappa shape index (κ2) is 11.8. The molecule has 0 fully saturated rings. The van der Waals surface area contributed by atoms with E-state index in [0.29, 0.717) is 16.1 Å². The Bertz CT molecular complexity index is 1500. The van der Waals surface area contributed by atoms with Gasteiger partial charge in [0, 0.05) is 22.8 Å². The molecule has 3 N–H and O–H groups in total. The van der Waals surface area contributed by atoms with Gasteiger partial charge in [-0.15, -0.1) is 24.8 Å². The molecule has 2 heterocycles. The number of hydrogen-bond donors (Lipinski definition) is 2. The lowest BCUT2D eigenvalue weighted by Crippen LogP contribution is -2.16. The highest BCUT2D eigenvalue weighted by Crippen LogP contribution is 2.39. The standard InChI is InChI=1S/C21H13Cl2F2N5O3S.2ClH/c22-12-1-2-17(14(6-12)11-3-4-27-20(26)5-11)33-18-8-16(25)19(7-15(18)23)34(31,32)30-21-28-9-13(24)10-29-21;;/h1-10H,(H2,26,27)(H,28,29,30);2*1H. The van der Waals surface area contributed by atoms with E-state index in [9.17, 15) is 17.2 Å². The summed E-state index contributed by atoms with van der Waals surface area (Å²) in [6.45, 7) is 0. The van der Waals surface area contributed by atoms with Crippen molar-refractivity contribution in [3.05, 3.63) is 82.7 Å². The van der Waals surface area contributed by atoms with Crippen molar-refractivity contribution in [2.24, 2.45) is 0 Å². The van der Waals surface area contributed by atoms with Crippen molar-refractivity contribution in [2.75, 3.05) is 10.5 Å². The van der Waals surface area contributed by atoms with Crippen LogP contribution in [-0.4, -0.2) is 23.4 Å². The molecule has 0 spiro atoms. The van der Waals surface area contributed by atoms with Crippen LogP contribution < -0.4 is 15.2 Å². The Morgan fingerprint density at radius 3 is 2.28 bits per heavy atom. The Balaban J connectivity index is 0.00000228. The van der Waals surface area contributed by atoms with E-state index in [1.54, 1.807) is 30.3 Å². The van der Waals surface area contributed by atoms with Gasteiger partial charge < -0.3 is 10.5 Å². The average Bonchev–Trinajstić information content (AvgIpc) is 2.78. The molecule has 0 amide bonds. The first-order chi connectivity index (χ1) is 16.1. The minimum atomic E-state index is -4.48. The van der Waals surface area contributed by atoms with Crippen LogP contribution >= 0.6 is 48.0 Å². The van der Waals surface area contributed by atoms with Gasteiger partial charge >= 0.3 is 0 Å². The normalized spacial score (nSPS) is 10.7. The van der Waals surface area contributed by atoms with E-state index in [2.05, 4.69) is 15.0 Å². The first-order valence-corrected chi connectivity index (χ1v) is 11.5. The Kier molecular flexibility index (Phi) is 9.64. The summed E-state index contributed by atoms with van der Waals surface area (Å²) in [5, 5.41) is 0.211. The van der Waals surface area contributed by atoms with Gasteiger partial charge in [0.05, 0.1) is 17.4 Å². The highest BCUT2D eigenvalue weighted by atomic mass is 35.5. The molecule has 0 radical (unpaired) electrons. The molecule has 0 aliphatic carbocycles. The number of nitrogens with zero attached hydrogens (tertiary/aromatic N) is 3. The summed E-state index contributed by atoms with van der Waals surface area (Å²) in [5.41, 5.74) is 6.90. The van der Waals surface area contributed by atoms with Crippen molar-refractivity contribution >= 4 is 69.8 Å². The third-order valence-electron chi connectivity index (χ3n) is 4.38. The average molecular weight is 597 g/mol. The van der Waals surface area contributed by atoms with Gasteiger partial charge in [0.25, 0.3) is 10.0 Å². The highest BCUT2D eigenvalue weighted by molar-refractivity contribution is 7.92. The van der Waals surface area contributed by atoms with Crippen LogP contribution in [0.15, 0.2) is 66.0 Å². The summed E-state index contributed by atoms with van der Waals surface area (Å²) in [6, 6.07) is 9.68. The van der Waals surface area contributed by atoms with Crippen LogP contribution in [0.2, 0.25) is 10.0 Å². The number of pyridine rings is 1. The van der Waals surface area contributed by atoms with Gasteiger partial charge in [-0.3, -0.25) is 0 Å². The zero-order valence-electron chi connectivity index (χ0n) is 17.7. The quantitative estimate of drug-likeness (QED) is 0.274. The van der Waals surface area contributed by atoms with Crippen LogP contribution in [0.1, 0.15) is 0 Å². The maximum absolute atomic E-state index is 14.8. The van der Waals surface area contributed by atoms with E-state index in [1.807, 2.05) is 4.72 Å². The van der Waals surface area contributed by atoms with Gasteiger partial charge in [-0.1, -0.05) is 23.2 Å². The van der Waals surface area contributed by atoms with Crippen LogP contribution in [0, 0.1) is 11.6 Å². The van der Waals surface area contributed by atoms with Gasteiger partial charge in [-0.05, 0) is 42.0 Å². The predicted molar refractivity (Wildman–Crippen MR) is 138 cm³/mol. The molecule has 190 valence electrons. The van der Waals surface area contributed by atoms with Gasteiger partial charge in [-0.2, -0.15) is 0 Å². The van der Waals surface area contributed by atoms with Gasteiger partial charge in [-0.25, -0.2) is 36.9 Å². The summed E-state index contributed by atoms with van der Waals surface area (Å²) in [6.07, 6.45) is 3.01. The maximum atomic E-state index is 14.8. The molecule has 4 rings (SSSR count). The number of benzene rings is 2. The van der Waals surface area contributed by atoms with Gasteiger partial charge in [0.15, 0.2) is 5.82 Å². The lowest BCUT2D eigenvalue weighted by Gasteiger charge is -2.15. The van der Waals surface area contributed by atoms with E-state index in [4.69, 9.17) is 33.7 Å². The molecule has 2 aromatic carbocycles. The number of hydrogen-bond acceptors (Lipinski definition) is 7. The number of nitrogen functional groups attached to an aromatic ring is 1. The van der Waals surface area contributed by atoms with Crippen molar-refractivity contribution in [3.8, 4) is 22.6 Å². The first kappa shape index (κ1) is 29.3. The third-order valence-corrected chi connectivity index (χ3v) is 6.25. The summed E-state index contributed by atoms with van der Waals surface area (Å²) in [4.78, 5) is 10.1. The molecule has 0 aliphatic rings. The molecule has 0 saturated carbocycles. The van der Waals surface area contributed by atoms with E-state index in [1.165, 1.54) is 6.20 Å². The van der Waals surface area contributed by atoms with Crippen LogP contribution in [0.25, 0.3) is 11.1 Å². The molecule has 0 aliphatic heterocycles. The number of nitrogens with one attached hydrogen (secondary N) is 1. The van der Waals surface area contributed by atoms with Gasteiger partial charge in [0.1, 0.15) is 28.0 Å². The minimum Gasteiger partial charge on any atom is -0.455 e. The fourth-order valence-corrected chi connectivity index (χ4v) is 4.37. The van der Waals surface area contributed by atoms with E-state index in [-0.39, 0.29) is 47.2 Å². The lowest BCUT2D eigenvalue weighted by molar-refractivity contribution is 0.475. The molecule has 0 bridgehead atoms. The lowest BCUT2D eigenvalue weighted by atomic mass is 10.1. The first-order valence-electron chi connectivity index (χ1n) is 9.31. The minimum absolute atomic E-state index is 0. The molecule has 2 aromatic heterocycles. The number of nitrogens with two attached hydrogens (primary N) is 1. The Hall–Kier alpha value is -2.96. The van der Waals surface area contributed by atoms with Gasteiger partial charge in [0.2, 0.25) is 5.95 Å². The molecular weight excluding hydrogens is 582 g/mol. The second-order valence-corrected chi connectivity index (χ2v) is 9.25. The molecular formula is C21H15Cl4F2N5O3S. The van der Waals surface area contributed by atoms with Crippen LogP contribution in [0.3, 0.4) is 0 Å². The molecule has 0 atom stereocenters. The number of ether oxygens (including phenoxy) is 1. The zero-order valence-corrected chi connectivity index (χ0v) is 21.6. The number of rotatable bonds is 6. The number of sulfonamides is 1. The summed E-state index contributed by atoms with van der Waals surface area (Å²) in [5.74, 6) is -2.00. The SMILES string of the molecule is Cl.Cl.Nc1cc(-c2cc(Cl)ccc2Oc2cc(F)c(S(=O)(=O)Nc3ncc(F)cn3)cc2Cl)ccn1. The number of aromatic nitrogens is 3. The summed E-state index contributed by atoms with van der Waals surface area (Å²) >= 11 is 12.3. The Morgan fingerprint density at radius 2 is 1.61 bits per heavy atom.